The van der Waals surface area contributed by atoms with E-state index < -0.39 is 0 Å². The molecule has 0 aliphatic heterocycles. The number of ether oxygens (including phenoxy) is 1. The van der Waals surface area contributed by atoms with Gasteiger partial charge in [0.05, 0.1) is 6.61 Å². The first-order chi connectivity index (χ1) is 11.2. The van der Waals surface area contributed by atoms with Crippen LogP contribution in [0.1, 0.15) is 0 Å². The van der Waals surface area contributed by atoms with Gasteiger partial charge in [0, 0.05) is 5.56 Å². The van der Waals surface area contributed by atoms with Crippen molar-refractivity contribution in [3.05, 3.63) is 30.3 Å². The number of anilines is 2. The van der Waals surface area contributed by atoms with E-state index in [1.165, 1.54) is 0 Å². The third kappa shape index (κ3) is 3.04. The van der Waals surface area contributed by atoms with Crippen molar-refractivity contribution < 1.29 is 14.4 Å². The van der Waals surface area contributed by atoms with Crippen LogP contribution < -0.4 is 16.2 Å². The van der Waals surface area contributed by atoms with Crippen molar-refractivity contribution in [2.45, 2.75) is 0 Å². The van der Waals surface area contributed by atoms with Gasteiger partial charge in [-0.3, -0.25) is 0 Å². The lowest BCUT2D eigenvalue weighted by atomic mass is 10.2. The Morgan fingerprint density at radius 3 is 2.61 bits per heavy atom. The quantitative estimate of drug-likeness (QED) is 0.620. The summed E-state index contributed by atoms with van der Waals surface area (Å²) in [6, 6.07) is 9.31. The molecule has 0 saturated carbocycles. The molecule has 0 amide bonds. The number of aliphatic hydroxyl groups is 1. The molecule has 1 aromatic carbocycles. The molecule has 0 unspecified atom stereocenters. The van der Waals surface area contributed by atoms with E-state index in [0.29, 0.717) is 5.82 Å². The number of rotatable bonds is 5. The van der Waals surface area contributed by atoms with Gasteiger partial charge in [-0.05, 0) is 0 Å². The standard InChI is InChI=1S/C14H14N6O3/c15-10-9(12(22-7-6-21)19-14(16)17-10)13-18-11(20-23-13)8-4-2-1-3-5-8/h1-5,21H,6-7H2,(H4,15,16,17,19). The van der Waals surface area contributed by atoms with E-state index in [-0.39, 0.29) is 42.3 Å². The summed E-state index contributed by atoms with van der Waals surface area (Å²) in [6.45, 7) is -0.176. The first-order valence-corrected chi connectivity index (χ1v) is 6.75. The maximum atomic E-state index is 8.90. The minimum atomic E-state index is -0.192. The Morgan fingerprint density at radius 2 is 1.87 bits per heavy atom. The Labute approximate surface area is 130 Å². The molecule has 0 radical (unpaired) electrons. The molecule has 9 nitrogen and oxygen atoms in total. The van der Waals surface area contributed by atoms with Crippen LogP contribution in [0.2, 0.25) is 0 Å². The Bertz CT molecular complexity index is 806. The van der Waals surface area contributed by atoms with Crippen molar-refractivity contribution in [1.29, 1.82) is 0 Å². The lowest BCUT2D eigenvalue weighted by molar-refractivity contribution is 0.197. The molecule has 2 aromatic heterocycles. The van der Waals surface area contributed by atoms with E-state index in [1.54, 1.807) is 0 Å². The molecule has 0 atom stereocenters. The third-order valence-electron chi connectivity index (χ3n) is 2.92. The molecule has 118 valence electrons. The van der Waals surface area contributed by atoms with Crippen LogP contribution in [0.3, 0.4) is 0 Å². The van der Waals surface area contributed by atoms with Gasteiger partial charge in [0.25, 0.3) is 5.89 Å². The Hall–Kier alpha value is -3.20. The topological polar surface area (TPSA) is 146 Å². The fourth-order valence-electron chi connectivity index (χ4n) is 1.95. The van der Waals surface area contributed by atoms with Crippen molar-refractivity contribution in [3.63, 3.8) is 0 Å². The predicted octanol–water partition coefficient (Wildman–Crippen LogP) is 0.729. The largest absolute Gasteiger partial charge is 0.474 e. The zero-order valence-electron chi connectivity index (χ0n) is 12.0. The number of benzene rings is 1. The van der Waals surface area contributed by atoms with E-state index in [4.69, 9.17) is 25.8 Å². The molecule has 2 heterocycles. The van der Waals surface area contributed by atoms with E-state index in [9.17, 15) is 0 Å². The predicted molar refractivity (Wildman–Crippen MR) is 82.2 cm³/mol. The van der Waals surface area contributed by atoms with Crippen LogP contribution in [0.5, 0.6) is 5.88 Å². The number of aliphatic hydroxyl groups excluding tert-OH is 1. The first kappa shape index (κ1) is 14.7. The van der Waals surface area contributed by atoms with Gasteiger partial charge >= 0.3 is 0 Å². The molecule has 3 aromatic rings. The van der Waals surface area contributed by atoms with Gasteiger partial charge in [-0.25, -0.2) is 0 Å². The van der Waals surface area contributed by atoms with Crippen LogP contribution in [0, 0.1) is 0 Å². The fourth-order valence-corrected chi connectivity index (χ4v) is 1.95. The highest BCUT2D eigenvalue weighted by molar-refractivity contribution is 5.74. The summed E-state index contributed by atoms with van der Waals surface area (Å²) in [4.78, 5) is 12.1. The molecule has 0 saturated heterocycles. The van der Waals surface area contributed by atoms with Crippen LogP contribution in [0.25, 0.3) is 22.8 Å². The molecule has 0 fully saturated rings. The van der Waals surface area contributed by atoms with E-state index in [2.05, 4.69) is 20.1 Å². The molecule has 23 heavy (non-hydrogen) atoms. The van der Waals surface area contributed by atoms with Crippen molar-refractivity contribution in [1.82, 2.24) is 20.1 Å². The summed E-state index contributed by atoms with van der Waals surface area (Å²) in [5.41, 5.74) is 12.5. The van der Waals surface area contributed by atoms with Gasteiger partial charge < -0.3 is 25.8 Å². The highest BCUT2D eigenvalue weighted by Gasteiger charge is 2.21. The Balaban J connectivity index is 2.03. The van der Waals surface area contributed by atoms with Crippen molar-refractivity contribution in [2.75, 3.05) is 24.7 Å². The number of aromatic nitrogens is 4. The molecule has 3 rings (SSSR count). The summed E-state index contributed by atoms with van der Waals surface area (Å²) in [7, 11) is 0. The molecule has 5 N–H and O–H groups in total. The number of nitrogen functional groups attached to an aromatic ring is 2. The van der Waals surface area contributed by atoms with Gasteiger partial charge in [0.15, 0.2) is 0 Å². The van der Waals surface area contributed by atoms with Crippen LogP contribution >= 0.6 is 0 Å². The maximum absolute atomic E-state index is 8.90. The van der Waals surface area contributed by atoms with E-state index >= 15 is 0 Å². The minimum absolute atomic E-state index is 0.0164. The summed E-state index contributed by atoms with van der Waals surface area (Å²) in [6.07, 6.45) is 0. The number of nitrogens with zero attached hydrogens (tertiary/aromatic N) is 4. The minimum Gasteiger partial charge on any atom is -0.474 e. The lowest BCUT2D eigenvalue weighted by Gasteiger charge is -2.09. The molecule has 0 spiro atoms. The number of hydrogen-bond acceptors (Lipinski definition) is 9. The van der Waals surface area contributed by atoms with Gasteiger partial charge in [0.1, 0.15) is 18.0 Å². The molecule has 0 aliphatic rings. The van der Waals surface area contributed by atoms with Crippen LogP contribution in [0.15, 0.2) is 34.9 Å². The highest BCUT2D eigenvalue weighted by Crippen LogP contribution is 2.33. The highest BCUT2D eigenvalue weighted by atomic mass is 16.5. The van der Waals surface area contributed by atoms with Gasteiger partial charge in [-0.15, -0.1) is 0 Å². The summed E-state index contributed by atoms with van der Waals surface area (Å²) >= 11 is 0. The monoisotopic (exact) mass is 314 g/mol. The normalized spacial score (nSPS) is 10.7. The number of nitrogens with two attached hydrogens (primary N) is 2. The van der Waals surface area contributed by atoms with E-state index in [0.717, 1.165) is 5.56 Å². The third-order valence-corrected chi connectivity index (χ3v) is 2.92. The maximum Gasteiger partial charge on any atom is 0.267 e. The zero-order valence-corrected chi connectivity index (χ0v) is 12.0. The average molecular weight is 314 g/mol. The van der Waals surface area contributed by atoms with Crippen molar-refractivity contribution >= 4 is 11.8 Å². The van der Waals surface area contributed by atoms with Crippen LogP contribution in [-0.2, 0) is 0 Å². The van der Waals surface area contributed by atoms with Crippen LogP contribution in [-0.4, -0.2) is 38.4 Å². The average Bonchev–Trinajstić information content (AvgIpc) is 3.02. The Kier molecular flexibility index (Phi) is 4.02. The summed E-state index contributed by atoms with van der Waals surface area (Å²) in [5.74, 6) is 0.572. The fraction of sp³-hybridized carbons (Fsp3) is 0.143. The van der Waals surface area contributed by atoms with Crippen molar-refractivity contribution in [3.8, 4) is 28.7 Å². The van der Waals surface area contributed by atoms with Crippen molar-refractivity contribution in [2.24, 2.45) is 0 Å². The summed E-state index contributed by atoms with van der Waals surface area (Å²) in [5, 5.41) is 12.8. The smallest absolute Gasteiger partial charge is 0.267 e. The molecule has 9 heteroatoms. The van der Waals surface area contributed by atoms with Gasteiger partial charge in [-0.2, -0.15) is 15.0 Å². The second-order valence-electron chi connectivity index (χ2n) is 4.51. The molecule has 0 bridgehead atoms. The zero-order chi connectivity index (χ0) is 16.2. The van der Waals surface area contributed by atoms with E-state index in [1.807, 2.05) is 30.3 Å². The molecule has 0 aliphatic carbocycles. The first-order valence-electron chi connectivity index (χ1n) is 6.75. The van der Waals surface area contributed by atoms with Gasteiger partial charge in [0.2, 0.25) is 17.7 Å². The molecular weight excluding hydrogens is 300 g/mol. The second kappa shape index (κ2) is 6.28. The second-order valence-corrected chi connectivity index (χ2v) is 4.51. The lowest BCUT2D eigenvalue weighted by Crippen LogP contribution is -2.09. The summed E-state index contributed by atoms with van der Waals surface area (Å²) < 4.78 is 10.6. The van der Waals surface area contributed by atoms with Gasteiger partial charge in [-0.1, -0.05) is 35.5 Å². The SMILES string of the molecule is Nc1nc(N)c(-c2nc(-c3ccccc3)no2)c(OCCO)n1. The Morgan fingerprint density at radius 1 is 1.09 bits per heavy atom. The number of hydrogen-bond donors (Lipinski definition) is 3. The van der Waals surface area contributed by atoms with Crippen LogP contribution in [0.4, 0.5) is 11.8 Å². The molecular formula is C14H14N6O3.